The molecule has 0 fully saturated rings. The van der Waals surface area contributed by atoms with E-state index in [4.69, 9.17) is 11.1 Å². The van der Waals surface area contributed by atoms with Gasteiger partial charge in [0.2, 0.25) is 0 Å². The zero-order valence-electron chi connectivity index (χ0n) is 20.0. The van der Waals surface area contributed by atoms with Crippen LogP contribution in [0.1, 0.15) is 27.9 Å². The normalized spacial score (nSPS) is 12.7. The number of halogens is 2. The first-order chi connectivity index (χ1) is 17.8. The number of rotatable bonds is 6. The number of nitrogens with two attached hydrogens (primary N) is 1. The summed E-state index contributed by atoms with van der Waals surface area (Å²) in [4.78, 5) is 14.5. The molecule has 3 heterocycles. The van der Waals surface area contributed by atoms with Crippen LogP contribution in [-0.4, -0.2) is 27.2 Å². The van der Waals surface area contributed by atoms with E-state index in [0.717, 1.165) is 11.1 Å². The van der Waals surface area contributed by atoms with Crippen LogP contribution in [0, 0.1) is 24.0 Å². The molecule has 2 aromatic heterocycles. The Kier molecular flexibility index (Phi) is 6.19. The van der Waals surface area contributed by atoms with Crippen LogP contribution in [0.3, 0.4) is 0 Å². The zero-order valence-corrected chi connectivity index (χ0v) is 20.0. The minimum Gasteiger partial charge on any atom is -0.383 e. The van der Waals surface area contributed by atoms with Crippen molar-refractivity contribution in [3.8, 4) is 0 Å². The molecular weight excluding hydrogens is 472 g/mol. The van der Waals surface area contributed by atoms with Gasteiger partial charge in [-0.3, -0.25) is 10.4 Å². The summed E-state index contributed by atoms with van der Waals surface area (Å²) in [7, 11) is 0. The summed E-state index contributed by atoms with van der Waals surface area (Å²) in [6.45, 7) is 6.39. The molecule has 1 aliphatic rings. The molecule has 5 rings (SSSR count). The molecule has 37 heavy (non-hydrogen) atoms. The van der Waals surface area contributed by atoms with Gasteiger partial charge >= 0.3 is 0 Å². The molecule has 0 spiro atoms. The van der Waals surface area contributed by atoms with Crippen LogP contribution >= 0.6 is 0 Å². The maximum atomic E-state index is 15.0. The van der Waals surface area contributed by atoms with Crippen molar-refractivity contribution in [2.24, 2.45) is 0 Å². The van der Waals surface area contributed by atoms with Crippen LogP contribution in [0.2, 0.25) is 0 Å². The van der Waals surface area contributed by atoms with Gasteiger partial charge in [0.15, 0.2) is 0 Å². The standard InChI is InChI=1S/C28H23F2N7/c1-16-10-11-33-22-13-20(37(17(2)24(16)22)23-9-4-3-8-21(23)30)14-34-28-25(27(32)35-15-36-28)26(31)18-6-5-7-19(29)12-18/h3-13,15,31H,2,14H2,1H3,(H3,32,34,35,36). The highest BCUT2D eigenvalue weighted by Gasteiger charge is 2.27. The molecule has 9 heteroatoms. The van der Waals surface area contributed by atoms with Gasteiger partial charge < -0.3 is 16.0 Å². The highest BCUT2D eigenvalue weighted by Crippen LogP contribution is 2.38. The summed E-state index contributed by atoms with van der Waals surface area (Å²) < 4.78 is 28.8. The van der Waals surface area contributed by atoms with E-state index in [2.05, 4.69) is 26.8 Å². The number of hydrogen-bond acceptors (Lipinski definition) is 7. The van der Waals surface area contributed by atoms with Crippen LogP contribution in [0.4, 0.5) is 26.1 Å². The van der Waals surface area contributed by atoms with Gasteiger partial charge in [-0.2, -0.15) is 0 Å². The lowest BCUT2D eigenvalue weighted by molar-refractivity contribution is 0.627. The molecule has 184 valence electrons. The molecule has 0 aliphatic carbocycles. The maximum Gasteiger partial charge on any atom is 0.147 e. The molecule has 0 saturated heterocycles. The van der Waals surface area contributed by atoms with Gasteiger partial charge in [0.1, 0.15) is 29.6 Å². The predicted octanol–water partition coefficient (Wildman–Crippen LogP) is 5.40. The number of aryl methyl sites for hydroxylation is 1. The Morgan fingerprint density at radius 2 is 1.89 bits per heavy atom. The van der Waals surface area contributed by atoms with Crippen molar-refractivity contribution in [2.75, 3.05) is 22.5 Å². The third-order valence-corrected chi connectivity index (χ3v) is 6.11. The minimum absolute atomic E-state index is 0.0317. The first-order valence-corrected chi connectivity index (χ1v) is 11.4. The number of benzene rings is 2. The Balaban J connectivity index is 1.55. The Bertz CT molecular complexity index is 1580. The minimum atomic E-state index is -0.472. The predicted molar refractivity (Wildman–Crippen MR) is 142 cm³/mol. The Morgan fingerprint density at radius 3 is 2.68 bits per heavy atom. The number of nitrogen functional groups attached to an aromatic ring is 1. The molecule has 0 amide bonds. The Hall–Kier alpha value is -4.92. The average Bonchev–Trinajstić information content (AvgIpc) is 2.88. The van der Waals surface area contributed by atoms with E-state index in [1.54, 1.807) is 35.4 Å². The fourth-order valence-electron chi connectivity index (χ4n) is 4.38. The number of nitrogens with one attached hydrogen (secondary N) is 2. The van der Waals surface area contributed by atoms with E-state index in [1.165, 1.54) is 30.6 Å². The third-order valence-electron chi connectivity index (χ3n) is 6.11. The SMILES string of the molecule is C=C1c2c(C)ccnc2C=C(CNc2ncnc(N)c2C(=N)c2cccc(F)c2)N1c1ccccc1F. The van der Waals surface area contributed by atoms with Crippen molar-refractivity contribution in [3.05, 3.63) is 119 Å². The molecule has 0 bridgehead atoms. The van der Waals surface area contributed by atoms with E-state index in [-0.39, 0.29) is 29.5 Å². The highest BCUT2D eigenvalue weighted by molar-refractivity contribution is 6.16. The van der Waals surface area contributed by atoms with E-state index >= 15 is 0 Å². The monoisotopic (exact) mass is 495 g/mol. The van der Waals surface area contributed by atoms with Gasteiger partial charge in [0.05, 0.1) is 29.2 Å². The van der Waals surface area contributed by atoms with Crippen molar-refractivity contribution in [2.45, 2.75) is 6.92 Å². The number of anilines is 3. The molecule has 2 aromatic carbocycles. The van der Waals surface area contributed by atoms with Gasteiger partial charge in [0, 0.05) is 28.7 Å². The smallest absolute Gasteiger partial charge is 0.147 e. The topological polar surface area (TPSA) is 104 Å². The second-order valence-corrected chi connectivity index (χ2v) is 8.48. The fraction of sp³-hybridized carbons (Fsp3) is 0.0714. The van der Waals surface area contributed by atoms with Crippen LogP contribution < -0.4 is 16.0 Å². The fourth-order valence-corrected chi connectivity index (χ4v) is 4.38. The van der Waals surface area contributed by atoms with Crippen molar-refractivity contribution in [1.29, 1.82) is 5.41 Å². The van der Waals surface area contributed by atoms with E-state index in [0.29, 0.717) is 28.3 Å². The summed E-state index contributed by atoms with van der Waals surface area (Å²) in [6, 6.07) is 14.0. The highest BCUT2D eigenvalue weighted by atomic mass is 19.1. The van der Waals surface area contributed by atoms with Crippen molar-refractivity contribution >= 4 is 34.8 Å². The van der Waals surface area contributed by atoms with Crippen LogP contribution in [0.25, 0.3) is 11.8 Å². The first kappa shape index (κ1) is 23.8. The van der Waals surface area contributed by atoms with E-state index in [9.17, 15) is 8.78 Å². The molecule has 7 nitrogen and oxygen atoms in total. The molecule has 4 N–H and O–H groups in total. The molecule has 0 atom stereocenters. The Morgan fingerprint density at radius 1 is 1.08 bits per heavy atom. The lowest BCUT2D eigenvalue weighted by Gasteiger charge is -2.34. The largest absolute Gasteiger partial charge is 0.383 e. The number of hydrogen-bond donors (Lipinski definition) is 3. The van der Waals surface area contributed by atoms with Crippen molar-refractivity contribution in [1.82, 2.24) is 15.0 Å². The summed E-state index contributed by atoms with van der Waals surface area (Å²) >= 11 is 0. The van der Waals surface area contributed by atoms with Gasteiger partial charge in [0.25, 0.3) is 0 Å². The van der Waals surface area contributed by atoms with Crippen molar-refractivity contribution < 1.29 is 8.78 Å². The maximum absolute atomic E-state index is 15.0. The molecule has 0 unspecified atom stereocenters. The van der Waals surface area contributed by atoms with E-state index < -0.39 is 11.6 Å². The number of aromatic nitrogens is 3. The molecule has 0 radical (unpaired) electrons. The molecular formula is C28H23F2N7. The first-order valence-electron chi connectivity index (χ1n) is 11.4. The van der Waals surface area contributed by atoms with E-state index in [1.807, 2.05) is 19.1 Å². The molecule has 0 saturated carbocycles. The van der Waals surface area contributed by atoms with Crippen molar-refractivity contribution in [3.63, 3.8) is 0 Å². The summed E-state index contributed by atoms with van der Waals surface area (Å²) in [6.07, 6.45) is 4.85. The average molecular weight is 496 g/mol. The van der Waals surface area contributed by atoms with Crippen LogP contribution in [-0.2, 0) is 0 Å². The van der Waals surface area contributed by atoms with Gasteiger partial charge in [-0.1, -0.05) is 30.8 Å². The number of nitrogens with zero attached hydrogens (tertiary/aromatic N) is 4. The lowest BCUT2D eigenvalue weighted by atomic mass is 9.98. The van der Waals surface area contributed by atoms with Gasteiger partial charge in [-0.05, 0) is 48.9 Å². The summed E-state index contributed by atoms with van der Waals surface area (Å²) in [5.41, 5.74) is 10.7. The molecule has 1 aliphatic heterocycles. The lowest BCUT2D eigenvalue weighted by Crippen LogP contribution is -2.30. The number of para-hydroxylation sites is 1. The third kappa shape index (κ3) is 4.42. The second-order valence-electron chi connectivity index (χ2n) is 8.48. The van der Waals surface area contributed by atoms with Gasteiger partial charge in [-0.15, -0.1) is 0 Å². The van der Waals surface area contributed by atoms with Gasteiger partial charge in [-0.25, -0.2) is 18.7 Å². The molecule has 4 aromatic rings. The van der Waals surface area contributed by atoms with Crippen LogP contribution in [0.5, 0.6) is 0 Å². The Labute approximate surface area is 212 Å². The van der Waals surface area contributed by atoms with Crippen LogP contribution in [0.15, 0.2) is 79.4 Å². The zero-order chi connectivity index (χ0) is 26.1. The quantitative estimate of drug-likeness (QED) is 0.310. The summed E-state index contributed by atoms with van der Waals surface area (Å²) in [5.74, 6) is -0.522. The number of fused-ring (bicyclic) bond motifs is 1. The second kappa shape index (κ2) is 9.62. The number of pyridine rings is 1. The summed E-state index contributed by atoms with van der Waals surface area (Å²) in [5, 5.41) is 11.9.